The van der Waals surface area contributed by atoms with Gasteiger partial charge in [0.1, 0.15) is 17.1 Å². The summed E-state index contributed by atoms with van der Waals surface area (Å²) in [6.07, 6.45) is 4.25. The number of esters is 1. The fourth-order valence-corrected chi connectivity index (χ4v) is 5.97. The summed E-state index contributed by atoms with van der Waals surface area (Å²) in [5.74, 6) is 1.65. The van der Waals surface area contributed by atoms with E-state index in [9.17, 15) is 9.18 Å². The SMILES string of the molecule is CCN1CCC(Cc2cc(F)ccc2SNc2ccc3c(c2C(=O)OC)OCC2CC32)CC1. The van der Waals surface area contributed by atoms with Gasteiger partial charge < -0.3 is 19.1 Å². The highest BCUT2D eigenvalue weighted by molar-refractivity contribution is 8.00. The van der Waals surface area contributed by atoms with E-state index in [4.69, 9.17) is 9.47 Å². The number of piperidine rings is 1. The van der Waals surface area contributed by atoms with Crippen molar-refractivity contribution in [3.05, 3.63) is 52.8 Å². The van der Waals surface area contributed by atoms with Crippen molar-refractivity contribution in [3.8, 4) is 5.75 Å². The Bertz CT molecular complexity index is 1040. The lowest BCUT2D eigenvalue weighted by atomic mass is 9.90. The molecule has 1 saturated heterocycles. The second-order valence-electron chi connectivity index (χ2n) is 9.35. The van der Waals surface area contributed by atoms with E-state index >= 15 is 0 Å². The van der Waals surface area contributed by atoms with E-state index in [1.807, 2.05) is 12.1 Å². The Labute approximate surface area is 199 Å². The first-order chi connectivity index (χ1) is 16.1. The van der Waals surface area contributed by atoms with Crippen molar-refractivity contribution in [2.45, 2.75) is 43.4 Å². The van der Waals surface area contributed by atoms with Crippen LogP contribution in [0.25, 0.3) is 0 Å². The molecule has 2 atom stereocenters. The number of fused-ring (bicyclic) bond motifs is 3. The number of carbonyl (C=O) groups is 1. The molecule has 1 N–H and O–H groups in total. The third kappa shape index (κ3) is 4.71. The number of nitrogens with zero attached hydrogens (tertiary/aromatic N) is 1. The molecule has 2 unspecified atom stereocenters. The normalized spacial score (nSPS) is 22.2. The second kappa shape index (κ2) is 9.55. The molecular formula is C26H31FN2O3S. The van der Waals surface area contributed by atoms with Gasteiger partial charge in [-0.1, -0.05) is 13.0 Å². The van der Waals surface area contributed by atoms with Gasteiger partial charge in [-0.05, 0) is 104 Å². The Hall–Kier alpha value is -2.25. The van der Waals surface area contributed by atoms with Crippen LogP contribution in [0.15, 0.2) is 35.2 Å². The van der Waals surface area contributed by atoms with Gasteiger partial charge in [-0.15, -0.1) is 0 Å². The molecule has 0 radical (unpaired) electrons. The summed E-state index contributed by atoms with van der Waals surface area (Å²) in [5, 5.41) is 0. The summed E-state index contributed by atoms with van der Waals surface area (Å²) in [6.45, 7) is 6.15. The number of methoxy groups -OCH3 is 1. The molecule has 3 aliphatic rings. The zero-order valence-electron chi connectivity index (χ0n) is 19.2. The second-order valence-corrected chi connectivity index (χ2v) is 10.2. The van der Waals surface area contributed by atoms with Gasteiger partial charge in [-0.2, -0.15) is 0 Å². The van der Waals surface area contributed by atoms with Crippen LogP contribution in [0.3, 0.4) is 0 Å². The summed E-state index contributed by atoms with van der Waals surface area (Å²) in [4.78, 5) is 16.1. The third-order valence-electron chi connectivity index (χ3n) is 7.30. The summed E-state index contributed by atoms with van der Waals surface area (Å²) < 4.78 is 28.5. The number of benzene rings is 2. The van der Waals surface area contributed by atoms with E-state index in [0.29, 0.717) is 41.4 Å². The fraction of sp³-hybridized carbons (Fsp3) is 0.500. The smallest absolute Gasteiger partial charge is 0.343 e. The van der Waals surface area contributed by atoms with Crippen LogP contribution in [-0.2, 0) is 11.2 Å². The van der Waals surface area contributed by atoms with Crippen molar-refractivity contribution in [2.24, 2.45) is 11.8 Å². The van der Waals surface area contributed by atoms with Crippen molar-refractivity contribution in [2.75, 3.05) is 38.1 Å². The number of carbonyl (C=O) groups excluding carboxylic acids is 1. The lowest BCUT2D eigenvalue weighted by Gasteiger charge is -2.31. The predicted octanol–water partition coefficient (Wildman–Crippen LogP) is 5.50. The van der Waals surface area contributed by atoms with E-state index in [2.05, 4.69) is 22.6 Å². The van der Waals surface area contributed by atoms with Gasteiger partial charge in [-0.25, -0.2) is 9.18 Å². The van der Waals surface area contributed by atoms with Gasteiger partial charge in [0.25, 0.3) is 0 Å². The molecule has 2 aliphatic heterocycles. The number of likely N-dealkylation sites (tertiary alicyclic amines) is 1. The number of nitrogens with one attached hydrogen (secondary N) is 1. The molecule has 2 aromatic carbocycles. The number of hydrogen-bond acceptors (Lipinski definition) is 6. The van der Waals surface area contributed by atoms with Crippen molar-refractivity contribution in [1.82, 2.24) is 4.90 Å². The maximum atomic E-state index is 14.1. The number of anilines is 1. The molecule has 176 valence electrons. The van der Waals surface area contributed by atoms with Gasteiger partial charge in [-0.3, -0.25) is 0 Å². The molecule has 0 amide bonds. The summed E-state index contributed by atoms with van der Waals surface area (Å²) in [7, 11) is 1.39. The van der Waals surface area contributed by atoms with Gasteiger partial charge in [0.05, 0.1) is 19.4 Å². The molecule has 33 heavy (non-hydrogen) atoms. The van der Waals surface area contributed by atoms with Crippen molar-refractivity contribution in [3.63, 3.8) is 0 Å². The molecule has 2 fully saturated rings. The largest absolute Gasteiger partial charge is 0.492 e. The van der Waals surface area contributed by atoms with E-state index in [1.165, 1.54) is 25.1 Å². The number of hydrogen-bond donors (Lipinski definition) is 1. The average Bonchev–Trinajstić information content (AvgIpc) is 3.63. The average molecular weight is 471 g/mol. The first kappa shape index (κ1) is 22.5. The van der Waals surface area contributed by atoms with Gasteiger partial charge in [0.2, 0.25) is 0 Å². The Morgan fingerprint density at radius 1 is 1.27 bits per heavy atom. The minimum Gasteiger partial charge on any atom is -0.492 e. The quantitative estimate of drug-likeness (QED) is 0.426. The highest BCUT2D eigenvalue weighted by Crippen LogP contribution is 2.55. The molecular weight excluding hydrogens is 439 g/mol. The molecule has 5 nitrogen and oxygen atoms in total. The summed E-state index contributed by atoms with van der Waals surface area (Å²) >= 11 is 1.42. The Kier molecular flexibility index (Phi) is 6.52. The van der Waals surface area contributed by atoms with E-state index < -0.39 is 5.97 Å². The molecule has 7 heteroatoms. The van der Waals surface area contributed by atoms with Crippen LogP contribution >= 0.6 is 11.9 Å². The van der Waals surface area contributed by atoms with Crippen LogP contribution in [0, 0.1) is 17.7 Å². The van der Waals surface area contributed by atoms with Crippen molar-refractivity contribution >= 4 is 23.6 Å². The van der Waals surface area contributed by atoms with Gasteiger partial charge in [0, 0.05) is 10.8 Å². The molecule has 5 rings (SSSR count). The number of rotatable bonds is 7. The lowest BCUT2D eigenvalue weighted by molar-refractivity contribution is 0.0596. The molecule has 1 saturated carbocycles. The fourth-order valence-electron chi connectivity index (χ4n) is 5.17. The van der Waals surface area contributed by atoms with Crippen LogP contribution in [-0.4, -0.2) is 44.2 Å². The highest BCUT2D eigenvalue weighted by Gasteiger charge is 2.45. The van der Waals surface area contributed by atoms with Crippen LogP contribution in [0.5, 0.6) is 5.75 Å². The van der Waals surface area contributed by atoms with E-state index in [-0.39, 0.29) is 5.82 Å². The van der Waals surface area contributed by atoms with Crippen LogP contribution < -0.4 is 9.46 Å². The third-order valence-corrected chi connectivity index (χ3v) is 8.24. The summed E-state index contributed by atoms with van der Waals surface area (Å²) in [5.41, 5.74) is 3.22. The van der Waals surface area contributed by atoms with Crippen molar-refractivity contribution in [1.29, 1.82) is 0 Å². The van der Waals surface area contributed by atoms with Crippen molar-refractivity contribution < 1.29 is 18.7 Å². The highest BCUT2D eigenvalue weighted by atomic mass is 32.2. The molecule has 0 aromatic heterocycles. The maximum absolute atomic E-state index is 14.1. The summed E-state index contributed by atoms with van der Waals surface area (Å²) in [6, 6.07) is 8.97. The molecule has 1 aliphatic carbocycles. The molecule has 2 aromatic rings. The van der Waals surface area contributed by atoms with Crippen LogP contribution in [0.2, 0.25) is 0 Å². The zero-order chi connectivity index (χ0) is 22.9. The van der Waals surface area contributed by atoms with E-state index in [1.54, 1.807) is 6.07 Å². The number of ether oxygens (including phenoxy) is 2. The predicted molar refractivity (Wildman–Crippen MR) is 129 cm³/mol. The Balaban J connectivity index is 1.35. The van der Waals surface area contributed by atoms with Gasteiger partial charge >= 0.3 is 5.97 Å². The minimum absolute atomic E-state index is 0.211. The monoisotopic (exact) mass is 470 g/mol. The van der Waals surface area contributed by atoms with Crippen LogP contribution in [0.1, 0.15) is 53.6 Å². The zero-order valence-corrected chi connectivity index (χ0v) is 20.1. The first-order valence-electron chi connectivity index (χ1n) is 11.9. The van der Waals surface area contributed by atoms with Gasteiger partial charge in [0.15, 0.2) is 0 Å². The first-order valence-corrected chi connectivity index (χ1v) is 12.7. The van der Waals surface area contributed by atoms with Crippen LogP contribution in [0.4, 0.5) is 10.1 Å². The maximum Gasteiger partial charge on any atom is 0.343 e. The molecule has 0 spiro atoms. The molecule has 2 heterocycles. The topological polar surface area (TPSA) is 50.8 Å². The van der Waals surface area contributed by atoms with E-state index in [0.717, 1.165) is 61.3 Å². The standard InChI is InChI=1S/C26H31FN2O3S/c1-3-29-10-8-16(9-11-29)12-17-13-19(27)4-7-23(17)33-28-22-6-5-20-21-14-18(21)15-32-25(20)24(22)26(30)31-2/h4-7,13,16,18,21,28H,3,8-12,14-15H2,1-2H3. The minimum atomic E-state index is -0.406. The Morgan fingerprint density at radius 2 is 2.09 bits per heavy atom. The number of halogens is 1. The Morgan fingerprint density at radius 3 is 2.85 bits per heavy atom. The molecule has 0 bridgehead atoms. The lowest BCUT2D eigenvalue weighted by Crippen LogP contribution is -2.34.